The van der Waals surface area contributed by atoms with Crippen LogP contribution in [0.3, 0.4) is 0 Å². The number of carbonyl (C=O) groups excluding carboxylic acids is 1. The third-order valence-electron chi connectivity index (χ3n) is 5.32. The first kappa shape index (κ1) is 23.8. The van der Waals surface area contributed by atoms with Gasteiger partial charge in [-0.2, -0.15) is 4.31 Å². The predicted octanol–water partition coefficient (Wildman–Crippen LogP) is 3.58. The van der Waals surface area contributed by atoms with Crippen molar-refractivity contribution < 1.29 is 22.7 Å². The van der Waals surface area contributed by atoms with Crippen molar-refractivity contribution in [2.75, 3.05) is 39.2 Å². The maximum Gasteiger partial charge on any atom is 0.259 e. The van der Waals surface area contributed by atoms with E-state index < -0.39 is 15.9 Å². The molecule has 0 aliphatic heterocycles. The molecule has 0 saturated carbocycles. The molecule has 0 saturated heterocycles. The standard InChI is InChI=1S/C23H29N3O5S/c1-5-26(6-2)32(28,29)19-8-10-22(31-4)20(16-19)23(27)24-18-7-9-21-17(15-18)11-12-25(21)13-14-30-3/h7-12,15-16H,5-6,13-14H2,1-4H3,(H,24,27). The van der Waals surface area contributed by atoms with Gasteiger partial charge in [-0.15, -0.1) is 0 Å². The Balaban J connectivity index is 1.90. The van der Waals surface area contributed by atoms with Crippen LogP contribution in [0, 0.1) is 0 Å². The average molecular weight is 460 g/mol. The molecule has 0 bridgehead atoms. The van der Waals surface area contributed by atoms with E-state index in [0.717, 1.165) is 17.4 Å². The van der Waals surface area contributed by atoms with Gasteiger partial charge in [-0.3, -0.25) is 4.79 Å². The number of nitrogens with one attached hydrogen (secondary N) is 1. The molecule has 1 amide bonds. The molecular weight excluding hydrogens is 430 g/mol. The van der Waals surface area contributed by atoms with Gasteiger partial charge >= 0.3 is 0 Å². The van der Waals surface area contributed by atoms with Crippen LogP contribution >= 0.6 is 0 Å². The summed E-state index contributed by atoms with van der Waals surface area (Å²) < 4.78 is 39.7. The Morgan fingerprint density at radius 3 is 2.47 bits per heavy atom. The van der Waals surface area contributed by atoms with E-state index in [-0.39, 0.29) is 10.5 Å². The van der Waals surface area contributed by atoms with Crippen LogP contribution < -0.4 is 10.1 Å². The molecule has 9 heteroatoms. The number of amides is 1. The number of hydrogen-bond acceptors (Lipinski definition) is 5. The first-order valence-corrected chi connectivity index (χ1v) is 11.9. The summed E-state index contributed by atoms with van der Waals surface area (Å²) in [6.45, 7) is 5.58. The number of aromatic nitrogens is 1. The monoisotopic (exact) mass is 459 g/mol. The van der Waals surface area contributed by atoms with Crippen LogP contribution in [0.5, 0.6) is 5.75 Å². The van der Waals surface area contributed by atoms with Crippen molar-refractivity contribution in [1.82, 2.24) is 8.87 Å². The maximum atomic E-state index is 13.0. The van der Waals surface area contributed by atoms with E-state index in [4.69, 9.17) is 9.47 Å². The minimum Gasteiger partial charge on any atom is -0.496 e. The smallest absolute Gasteiger partial charge is 0.259 e. The van der Waals surface area contributed by atoms with Gasteiger partial charge in [-0.05, 0) is 42.5 Å². The van der Waals surface area contributed by atoms with E-state index in [1.54, 1.807) is 21.0 Å². The molecule has 1 N–H and O–H groups in total. The quantitative estimate of drug-likeness (QED) is 0.501. The van der Waals surface area contributed by atoms with Gasteiger partial charge in [0.15, 0.2) is 0 Å². The molecule has 0 aliphatic rings. The number of rotatable bonds is 10. The zero-order valence-corrected chi connectivity index (χ0v) is 19.6. The summed E-state index contributed by atoms with van der Waals surface area (Å²) in [7, 11) is -0.598. The van der Waals surface area contributed by atoms with E-state index in [2.05, 4.69) is 9.88 Å². The third kappa shape index (κ3) is 4.79. The van der Waals surface area contributed by atoms with Crippen molar-refractivity contribution in [3.05, 3.63) is 54.2 Å². The first-order chi connectivity index (χ1) is 15.3. The molecule has 32 heavy (non-hydrogen) atoms. The predicted molar refractivity (Wildman–Crippen MR) is 125 cm³/mol. The summed E-state index contributed by atoms with van der Waals surface area (Å²) in [4.78, 5) is 13.1. The summed E-state index contributed by atoms with van der Waals surface area (Å²) in [5.41, 5.74) is 1.79. The number of nitrogens with zero attached hydrogens (tertiary/aromatic N) is 2. The van der Waals surface area contributed by atoms with Crippen molar-refractivity contribution in [2.24, 2.45) is 0 Å². The van der Waals surface area contributed by atoms with Gasteiger partial charge in [0, 0.05) is 49.5 Å². The molecule has 8 nitrogen and oxygen atoms in total. The van der Waals surface area contributed by atoms with Gasteiger partial charge in [-0.1, -0.05) is 13.8 Å². The molecule has 172 valence electrons. The summed E-state index contributed by atoms with van der Waals surface area (Å²) in [6, 6.07) is 11.9. The van der Waals surface area contributed by atoms with Gasteiger partial charge in [0.1, 0.15) is 5.75 Å². The van der Waals surface area contributed by atoms with Gasteiger partial charge in [0.05, 0.1) is 24.2 Å². The Morgan fingerprint density at radius 1 is 1.06 bits per heavy atom. The molecular formula is C23H29N3O5S. The Kier molecular flexibility index (Phi) is 7.55. The van der Waals surface area contributed by atoms with Gasteiger partial charge in [-0.25, -0.2) is 8.42 Å². The average Bonchev–Trinajstić information content (AvgIpc) is 3.19. The molecule has 1 heterocycles. The molecule has 0 fully saturated rings. The number of benzene rings is 2. The third-order valence-corrected chi connectivity index (χ3v) is 7.37. The highest BCUT2D eigenvalue weighted by atomic mass is 32.2. The molecule has 3 rings (SSSR count). The lowest BCUT2D eigenvalue weighted by atomic mass is 10.1. The number of methoxy groups -OCH3 is 2. The SMILES string of the molecule is CCN(CC)S(=O)(=O)c1ccc(OC)c(C(=O)Nc2ccc3c(ccn3CCOC)c2)c1. The molecule has 3 aromatic rings. The fraction of sp³-hybridized carbons (Fsp3) is 0.348. The van der Waals surface area contributed by atoms with E-state index in [1.807, 2.05) is 30.5 Å². The molecule has 2 aromatic carbocycles. The molecule has 1 aromatic heterocycles. The van der Waals surface area contributed by atoms with Gasteiger partial charge < -0.3 is 19.4 Å². The highest BCUT2D eigenvalue weighted by Crippen LogP contribution is 2.27. The van der Waals surface area contributed by atoms with Gasteiger partial charge in [0.2, 0.25) is 10.0 Å². The Labute approximate surface area is 188 Å². The van der Waals surface area contributed by atoms with Crippen LogP contribution in [0.15, 0.2) is 53.6 Å². The lowest BCUT2D eigenvalue weighted by Gasteiger charge is -2.19. The summed E-state index contributed by atoms with van der Waals surface area (Å²) in [5.74, 6) is -0.149. The van der Waals surface area contributed by atoms with Crippen molar-refractivity contribution in [3.8, 4) is 5.75 Å². The second kappa shape index (κ2) is 10.2. The second-order valence-corrected chi connectivity index (χ2v) is 9.12. The first-order valence-electron chi connectivity index (χ1n) is 10.4. The molecule has 0 unspecified atom stereocenters. The molecule has 0 spiro atoms. The number of hydrogen-bond donors (Lipinski definition) is 1. The van der Waals surface area contributed by atoms with E-state index >= 15 is 0 Å². The van der Waals surface area contributed by atoms with E-state index in [9.17, 15) is 13.2 Å². The van der Waals surface area contributed by atoms with Crippen molar-refractivity contribution >= 4 is 32.5 Å². The highest BCUT2D eigenvalue weighted by molar-refractivity contribution is 7.89. The Hall–Kier alpha value is -2.88. The lowest BCUT2D eigenvalue weighted by Crippen LogP contribution is -2.30. The number of anilines is 1. The summed E-state index contributed by atoms with van der Waals surface area (Å²) >= 11 is 0. The van der Waals surface area contributed by atoms with Gasteiger partial charge in [0.25, 0.3) is 5.91 Å². The minimum absolute atomic E-state index is 0.0535. The van der Waals surface area contributed by atoms with Crippen LogP contribution in [-0.4, -0.2) is 57.1 Å². The maximum absolute atomic E-state index is 13.0. The lowest BCUT2D eigenvalue weighted by molar-refractivity contribution is 0.102. The molecule has 0 radical (unpaired) electrons. The number of fused-ring (bicyclic) bond motifs is 1. The number of sulfonamides is 1. The van der Waals surface area contributed by atoms with E-state index in [1.165, 1.54) is 29.6 Å². The normalized spacial score (nSPS) is 11.8. The zero-order chi connectivity index (χ0) is 23.3. The van der Waals surface area contributed by atoms with Crippen LogP contribution in [0.4, 0.5) is 5.69 Å². The number of ether oxygens (including phenoxy) is 2. The van der Waals surface area contributed by atoms with Crippen LogP contribution in [0.25, 0.3) is 10.9 Å². The van der Waals surface area contributed by atoms with Crippen molar-refractivity contribution in [3.63, 3.8) is 0 Å². The van der Waals surface area contributed by atoms with Crippen LogP contribution in [0.1, 0.15) is 24.2 Å². The highest BCUT2D eigenvalue weighted by Gasteiger charge is 2.24. The fourth-order valence-corrected chi connectivity index (χ4v) is 5.08. The van der Waals surface area contributed by atoms with Crippen LogP contribution in [0.2, 0.25) is 0 Å². The topological polar surface area (TPSA) is 89.9 Å². The molecule has 0 aliphatic carbocycles. The second-order valence-electron chi connectivity index (χ2n) is 7.18. The largest absolute Gasteiger partial charge is 0.496 e. The Bertz CT molecular complexity index is 1200. The zero-order valence-electron chi connectivity index (χ0n) is 18.8. The minimum atomic E-state index is -3.70. The fourth-order valence-electron chi connectivity index (χ4n) is 3.60. The summed E-state index contributed by atoms with van der Waals surface area (Å²) in [6.07, 6.45) is 1.97. The Morgan fingerprint density at radius 2 is 1.81 bits per heavy atom. The summed E-state index contributed by atoms with van der Waals surface area (Å²) in [5, 5.41) is 3.83. The van der Waals surface area contributed by atoms with Crippen LogP contribution in [-0.2, 0) is 21.3 Å². The molecule has 0 atom stereocenters. The number of carbonyl (C=O) groups is 1. The van der Waals surface area contributed by atoms with E-state index in [0.29, 0.717) is 31.1 Å². The van der Waals surface area contributed by atoms with Crippen molar-refractivity contribution in [2.45, 2.75) is 25.3 Å². The van der Waals surface area contributed by atoms with Crippen molar-refractivity contribution in [1.29, 1.82) is 0 Å².